The van der Waals surface area contributed by atoms with Gasteiger partial charge in [0.1, 0.15) is 10.6 Å². The molecule has 8 heteroatoms. The molecule has 0 bridgehead atoms. The minimum absolute atomic E-state index is 0.0884. The van der Waals surface area contributed by atoms with E-state index in [-0.39, 0.29) is 22.5 Å². The van der Waals surface area contributed by atoms with Crippen molar-refractivity contribution in [2.24, 2.45) is 12.2 Å². The Morgan fingerprint density at radius 3 is 2.67 bits per heavy atom. The van der Waals surface area contributed by atoms with Gasteiger partial charge in [-0.05, 0) is 13.0 Å². The second-order valence-corrected chi connectivity index (χ2v) is 5.61. The van der Waals surface area contributed by atoms with Gasteiger partial charge in [-0.1, -0.05) is 0 Å². The predicted octanol–water partition coefficient (Wildman–Crippen LogP) is -0.563. The zero-order valence-corrected chi connectivity index (χ0v) is 11.3. The molecule has 102 valence electrons. The third-order valence-electron chi connectivity index (χ3n) is 2.34. The van der Waals surface area contributed by atoms with Crippen molar-refractivity contribution in [2.45, 2.75) is 17.9 Å². The van der Waals surface area contributed by atoms with Crippen molar-refractivity contribution in [3.8, 4) is 0 Å². The second-order valence-electron chi connectivity index (χ2n) is 4.05. The van der Waals surface area contributed by atoms with E-state index in [1.165, 1.54) is 23.9 Å². The smallest absolute Gasteiger partial charge is 0.268 e. The third-order valence-corrected chi connectivity index (χ3v) is 3.22. The molecule has 18 heavy (non-hydrogen) atoms. The molecule has 1 atom stereocenters. The molecule has 1 rings (SSSR count). The van der Waals surface area contributed by atoms with Crippen LogP contribution in [0, 0.1) is 0 Å². The van der Waals surface area contributed by atoms with Gasteiger partial charge in [0, 0.05) is 26.4 Å². The first-order valence-electron chi connectivity index (χ1n) is 5.24. The maximum Gasteiger partial charge on any atom is 0.268 e. The van der Waals surface area contributed by atoms with Gasteiger partial charge in [-0.25, -0.2) is 13.6 Å². The molecule has 0 aliphatic heterocycles. The highest BCUT2D eigenvalue weighted by molar-refractivity contribution is 7.89. The molecule has 0 aliphatic rings. The van der Waals surface area contributed by atoms with Crippen LogP contribution in [0.15, 0.2) is 17.2 Å². The maximum atomic E-state index is 11.9. The minimum atomic E-state index is -3.80. The van der Waals surface area contributed by atoms with Gasteiger partial charge in [0.05, 0.1) is 6.61 Å². The van der Waals surface area contributed by atoms with Gasteiger partial charge in [0.25, 0.3) is 5.91 Å². The standard InChI is InChI=1S/C10H17N3O4S/c1-7(6-17-3)12-10(14)9-4-8(5-13(9)2)18(11,15)16/h4-5,7H,6H2,1-3H3,(H,12,14)(H2,11,15,16). The number of methoxy groups -OCH3 is 1. The summed E-state index contributed by atoms with van der Waals surface area (Å²) in [5, 5.41) is 7.68. The van der Waals surface area contributed by atoms with E-state index in [2.05, 4.69) is 5.32 Å². The molecule has 0 aliphatic carbocycles. The summed E-state index contributed by atoms with van der Waals surface area (Å²) in [5.41, 5.74) is 0.224. The van der Waals surface area contributed by atoms with E-state index in [1.54, 1.807) is 14.0 Å². The number of ether oxygens (including phenoxy) is 1. The number of nitrogens with two attached hydrogens (primary N) is 1. The van der Waals surface area contributed by atoms with Crippen molar-refractivity contribution in [1.82, 2.24) is 9.88 Å². The van der Waals surface area contributed by atoms with Gasteiger partial charge in [-0.15, -0.1) is 0 Å². The lowest BCUT2D eigenvalue weighted by atomic mass is 10.3. The van der Waals surface area contributed by atoms with Crippen LogP contribution in [-0.2, 0) is 21.8 Å². The molecule has 0 radical (unpaired) electrons. The summed E-state index contributed by atoms with van der Waals surface area (Å²) in [6.07, 6.45) is 1.30. The van der Waals surface area contributed by atoms with Crippen molar-refractivity contribution in [3.05, 3.63) is 18.0 Å². The maximum absolute atomic E-state index is 11.9. The summed E-state index contributed by atoms with van der Waals surface area (Å²) >= 11 is 0. The summed E-state index contributed by atoms with van der Waals surface area (Å²) in [6.45, 7) is 2.16. The average molecular weight is 275 g/mol. The molecule has 1 amide bonds. The fourth-order valence-corrected chi connectivity index (χ4v) is 2.09. The van der Waals surface area contributed by atoms with E-state index >= 15 is 0 Å². The molecule has 0 saturated carbocycles. The van der Waals surface area contributed by atoms with Crippen LogP contribution in [0.1, 0.15) is 17.4 Å². The Balaban J connectivity index is 2.91. The molecular weight excluding hydrogens is 258 g/mol. The first-order chi connectivity index (χ1) is 8.25. The summed E-state index contributed by atoms with van der Waals surface area (Å²) in [4.78, 5) is 11.8. The molecule has 1 aromatic rings. The number of carbonyl (C=O) groups is 1. The fourth-order valence-electron chi connectivity index (χ4n) is 1.50. The van der Waals surface area contributed by atoms with Crippen LogP contribution in [0.2, 0.25) is 0 Å². The Morgan fingerprint density at radius 1 is 1.61 bits per heavy atom. The number of amides is 1. The van der Waals surface area contributed by atoms with Gasteiger partial charge in [0.2, 0.25) is 10.0 Å². The van der Waals surface area contributed by atoms with Crippen molar-refractivity contribution in [2.75, 3.05) is 13.7 Å². The zero-order chi connectivity index (χ0) is 13.9. The summed E-state index contributed by atoms with van der Waals surface area (Å²) in [5.74, 6) is -0.378. The Morgan fingerprint density at radius 2 is 2.22 bits per heavy atom. The summed E-state index contributed by atoms with van der Waals surface area (Å²) < 4.78 is 28.6. The number of hydrogen-bond donors (Lipinski definition) is 2. The molecule has 0 fully saturated rings. The Hall–Kier alpha value is -1.38. The Kier molecular flexibility index (Phi) is 4.49. The monoisotopic (exact) mass is 275 g/mol. The molecule has 1 aromatic heterocycles. The Labute approximate surface area is 106 Å². The molecule has 0 aromatic carbocycles. The van der Waals surface area contributed by atoms with Crippen molar-refractivity contribution in [1.29, 1.82) is 0 Å². The summed E-state index contributed by atoms with van der Waals surface area (Å²) in [7, 11) is -0.696. The number of nitrogens with zero attached hydrogens (tertiary/aromatic N) is 1. The van der Waals surface area contributed by atoms with Crippen molar-refractivity contribution >= 4 is 15.9 Å². The number of carbonyl (C=O) groups excluding carboxylic acids is 1. The SMILES string of the molecule is COCC(C)NC(=O)c1cc(S(N)(=O)=O)cn1C. The fraction of sp³-hybridized carbons (Fsp3) is 0.500. The van der Waals surface area contributed by atoms with Crippen LogP contribution >= 0.6 is 0 Å². The number of rotatable bonds is 5. The van der Waals surface area contributed by atoms with Gasteiger partial charge in [0.15, 0.2) is 0 Å². The van der Waals surface area contributed by atoms with E-state index in [1.807, 2.05) is 0 Å². The number of aryl methyl sites for hydroxylation is 1. The van der Waals surface area contributed by atoms with Gasteiger partial charge < -0.3 is 14.6 Å². The predicted molar refractivity (Wildman–Crippen MR) is 65.6 cm³/mol. The molecule has 1 heterocycles. The van der Waals surface area contributed by atoms with Gasteiger partial charge in [-0.3, -0.25) is 4.79 Å². The topological polar surface area (TPSA) is 103 Å². The molecule has 1 unspecified atom stereocenters. The van der Waals surface area contributed by atoms with Crippen LogP contribution in [0.25, 0.3) is 0 Å². The van der Waals surface area contributed by atoms with Crippen LogP contribution in [0.5, 0.6) is 0 Å². The van der Waals surface area contributed by atoms with Crippen molar-refractivity contribution in [3.63, 3.8) is 0 Å². The van der Waals surface area contributed by atoms with Crippen LogP contribution < -0.4 is 10.5 Å². The Bertz CT molecular complexity index is 535. The average Bonchev–Trinajstić information content (AvgIpc) is 2.60. The van der Waals surface area contributed by atoms with Gasteiger partial charge >= 0.3 is 0 Å². The zero-order valence-electron chi connectivity index (χ0n) is 10.5. The summed E-state index contributed by atoms with van der Waals surface area (Å²) in [6, 6.07) is 1.07. The lowest BCUT2D eigenvalue weighted by Crippen LogP contribution is -2.36. The van der Waals surface area contributed by atoms with E-state index in [0.717, 1.165) is 0 Å². The van der Waals surface area contributed by atoms with E-state index in [4.69, 9.17) is 9.88 Å². The third kappa shape index (κ3) is 3.56. The number of hydrogen-bond acceptors (Lipinski definition) is 4. The lowest BCUT2D eigenvalue weighted by molar-refractivity contribution is 0.0897. The second kappa shape index (κ2) is 5.51. The van der Waals surface area contributed by atoms with E-state index in [0.29, 0.717) is 6.61 Å². The lowest BCUT2D eigenvalue weighted by Gasteiger charge is -2.12. The first-order valence-corrected chi connectivity index (χ1v) is 6.79. The molecule has 3 N–H and O–H groups in total. The van der Waals surface area contributed by atoms with Crippen molar-refractivity contribution < 1.29 is 17.9 Å². The first kappa shape index (κ1) is 14.7. The molecule has 0 saturated heterocycles. The molecular formula is C10H17N3O4S. The van der Waals surface area contributed by atoms with E-state index in [9.17, 15) is 13.2 Å². The molecule has 7 nitrogen and oxygen atoms in total. The number of nitrogens with one attached hydrogen (secondary N) is 1. The minimum Gasteiger partial charge on any atom is -0.383 e. The normalized spacial score (nSPS) is 13.3. The largest absolute Gasteiger partial charge is 0.383 e. The van der Waals surface area contributed by atoms with Crippen LogP contribution in [0.3, 0.4) is 0 Å². The number of sulfonamides is 1. The van der Waals surface area contributed by atoms with E-state index < -0.39 is 10.0 Å². The van der Waals surface area contributed by atoms with Crippen LogP contribution in [-0.4, -0.2) is 38.7 Å². The molecule has 0 spiro atoms. The van der Waals surface area contributed by atoms with Crippen LogP contribution in [0.4, 0.5) is 0 Å². The number of primary sulfonamides is 1. The van der Waals surface area contributed by atoms with Gasteiger partial charge in [-0.2, -0.15) is 0 Å². The highest BCUT2D eigenvalue weighted by Gasteiger charge is 2.18. The highest BCUT2D eigenvalue weighted by Crippen LogP contribution is 2.11. The quantitative estimate of drug-likeness (QED) is 0.751. The highest BCUT2D eigenvalue weighted by atomic mass is 32.2. The number of aromatic nitrogens is 1.